The number of nitriles is 1. The number of rotatable bonds is 2. The lowest BCUT2D eigenvalue weighted by Gasteiger charge is -2.20. The molecule has 0 atom stereocenters. The van der Waals surface area contributed by atoms with Crippen molar-refractivity contribution >= 4 is 11.9 Å². The van der Waals surface area contributed by atoms with Gasteiger partial charge in [0.2, 0.25) is 0 Å². The molecule has 2 rings (SSSR count). The Morgan fingerprint density at radius 2 is 2.04 bits per heavy atom. The Labute approximate surface area is 135 Å². The summed E-state index contributed by atoms with van der Waals surface area (Å²) in [4.78, 5) is 12.0. The lowest BCUT2D eigenvalue weighted by molar-refractivity contribution is 0.0635. The van der Waals surface area contributed by atoms with Crippen LogP contribution < -0.4 is 5.32 Å². The van der Waals surface area contributed by atoms with Crippen molar-refractivity contribution in [3.8, 4) is 11.8 Å². The molecule has 0 saturated heterocycles. The van der Waals surface area contributed by atoms with Crippen LogP contribution in [0.1, 0.15) is 37.5 Å². The molecule has 6 nitrogen and oxygen atoms in total. The summed E-state index contributed by atoms with van der Waals surface area (Å²) in [5.74, 6) is 0.300. The predicted molar refractivity (Wildman–Crippen MR) is 87.6 cm³/mol. The Balaban J connectivity index is 2.42. The first-order chi connectivity index (χ1) is 10.7. The lowest BCUT2D eigenvalue weighted by Crippen LogP contribution is -2.28. The number of carbonyl (C=O) groups is 1. The van der Waals surface area contributed by atoms with Gasteiger partial charge in [-0.2, -0.15) is 10.4 Å². The van der Waals surface area contributed by atoms with Gasteiger partial charge in [0.15, 0.2) is 5.82 Å². The van der Waals surface area contributed by atoms with Crippen molar-refractivity contribution in [2.24, 2.45) is 0 Å². The highest BCUT2D eigenvalue weighted by Gasteiger charge is 2.21. The van der Waals surface area contributed by atoms with Crippen LogP contribution in [-0.4, -0.2) is 21.5 Å². The summed E-state index contributed by atoms with van der Waals surface area (Å²) in [5.41, 5.74) is 2.56. The number of nitrogens with zero attached hydrogens (tertiary/aromatic N) is 3. The third kappa shape index (κ3) is 3.89. The monoisotopic (exact) mass is 312 g/mol. The molecule has 23 heavy (non-hydrogen) atoms. The van der Waals surface area contributed by atoms with Crippen LogP contribution in [-0.2, 0) is 4.74 Å². The Kier molecular flexibility index (Phi) is 4.41. The molecule has 0 fully saturated rings. The highest BCUT2D eigenvalue weighted by Crippen LogP contribution is 2.23. The van der Waals surface area contributed by atoms with Crippen molar-refractivity contribution in [3.63, 3.8) is 0 Å². The summed E-state index contributed by atoms with van der Waals surface area (Å²) in [6.45, 7) is 9.28. The van der Waals surface area contributed by atoms with Crippen LogP contribution in [0.25, 0.3) is 5.69 Å². The van der Waals surface area contributed by atoms with Gasteiger partial charge in [0, 0.05) is 0 Å². The Morgan fingerprint density at radius 3 is 2.61 bits per heavy atom. The van der Waals surface area contributed by atoms with Gasteiger partial charge in [-0.1, -0.05) is 17.7 Å². The maximum Gasteiger partial charge on any atom is 0.413 e. The number of aromatic nitrogens is 2. The highest BCUT2D eigenvalue weighted by molar-refractivity contribution is 5.86. The predicted octanol–water partition coefficient (Wildman–Crippen LogP) is 3.71. The zero-order valence-corrected chi connectivity index (χ0v) is 14.0. The topological polar surface area (TPSA) is 79.9 Å². The standard InChI is InChI=1S/C17H20N4O2/c1-11-6-7-14(12(2)8-11)21-15(13(9-18)10-19-21)20-16(22)23-17(3,4)5/h6-8,10H,1-5H3,(H,20,22). The van der Waals surface area contributed by atoms with Crippen LogP contribution >= 0.6 is 0 Å². The molecule has 0 spiro atoms. The van der Waals surface area contributed by atoms with Crippen molar-refractivity contribution in [2.45, 2.75) is 40.2 Å². The molecule has 0 aliphatic heterocycles. The molecule has 1 aromatic heterocycles. The first-order valence-electron chi connectivity index (χ1n) is 7.27. The fourth-order valence-electron chi connectivity index (χ4n) is 2.18. The van der Waals surface area contributed by atoms with Crippen molar-refractivity contribution < 1.29 is 9.53 Å². The molecular weight excluding hydrogens is 292 g/mol. The van der Waals surface area contributed by atoms with E-state index in [0.717, 1.165) is 16.8 Å². The Bertz CT molecular complexity index is 779. The minimum atomic E-state index is -0.625. The molecule has 1 N–H and O–H groups in total. The smallest absolute Gasteiger partial charge is 0.413 e. The van der Waals surface area contributed by atoms with Crippen molar-refractivity contribution in [3.05, 3.63) is 41.1 Å². The van der Waals surface area contributed by atoms with Gasteiger partial charge in [-0.25, -0.2) is 9.48 Å². The Hall–Kier alpha value is -2.81. The molecule has 0 bridgehead atoms. The van der Waals surface area contributed by atoms with E-state index >= 15 is 0 Å². The third-order valence-electron chi connectivity index (χ3n) is 3.09. The molecule has 1 heterocycles. The second-order valence-corrected chi connectivity index (χ2v) is 6.35. The van der Waals surface area contributed by atoms with Crippen LogP contribution in [0.2, 0.25) is 0 Å². The lowest BCUT2D eigenvalue weighted by atomic mass is 10.1. The second-order valence-electron chi connectivity index (χ2n) is 6.35. The number of amides is 1. The summed E-state index contributed by atoms with van der Waals surface area (Å²) in [6, 6.07) is 7.90. The fourth-order valence-corrected chi connectivity index (χ4v) is 2.18. The van der Waals surface area contributed by atoms with Gasteiger partial charge in [-0.15, -0.1) is 0 Å². The van der Waals surface area contributed by atoms with E-state index < -0.39 is 11.7 Å². The molecule has 120 valence electrons. The molecule has 0 unspecified atom stereocenters. The summed E-state index contributed by atoms with van der Waals surface area (Å²) >= 11 is 0. The summed E-state index contributed by atoms with van der Waals surface area (Å²) in [7, 11) is 0. The van der Waals surface area contributed by atoms with E-state index in [2.05, 4.69) is 10.4 Å². The van der Waals surface area contributed by atoms with Gasteiger partial charge < -0.3 is 4.74 Å². The van der Waals surface area contributed by atoms with E-state index in [0.29, 0.717) is 5.82 Å². The summed E-state index contributed by atoms with van der Waals surface area (Å²) in [6.07, 6.45) is 0.798. The number of nitrogens with one attached hydrogen (secondary N) is 1. The molecule has 0 aliphatic carbocycles. The van der Waals surface area contributed by atoms with Gasteiger partial charge in [0.25, 0.3) is 0 Å². The fraction of sp³-hybridized carbons (Fsp3) is 0.353. The molecule has 0 saturated carbocycles. The Morgan fingerprint density at radius 1 is 1.35 bits per heavy atom. The third-order valence-corrected chi connectivity index (χ3v) is 3.09. The number of ether oxygens (including phenoxy) is 1. The van der Waals surface area contributed by atoms with Gasteiger partial charge in [-0.05, 0) is 46.2 Å². The van der Waals surface area contributed by atoms with Crippen LogP contribution in [0.5, 0.6) is 0 Å². The maximum absolute atomic E-state index is 12.0. The SMILES string of the molecule is Cc1ccc(-n2ncc(C#N)c2NC(=O)OC(C)(C)C)c(C)c1. The molecule has 6 heteroatoms. The highest BCUT2D eigenvalue weighted by atomic mass is 16.6. The minimum absolute atomic E-state index is 0.274. The zero-order chi connectivity index (χ0) is 17.2. The number of hydrogen-bond donors (Lipinski definition) is 1. The second kappa shape index (κ2) is 6.13. The van der Waals surface area contributed by atoms with Crippen molar-refractivity contribution in [2.75, 3.05) is 5.32 Å². The summed E-state index contributed by atoms with van der Waals surface area (Å²) in [5, 5.41) is 16.1. The molecule has 1 aromatic carbocycles. The number of hydrogen-bond acceptors (Lipinski definition) is 4. The molecule has 1 amide bonds. The van der Waals surface area contributed by atoms with Gasteiger partial charge in [0.05, 0.1) is 11.9 Å². The molecular formula is C17H20N4O2. The van der Waals surface area contributed by atoms with Crippen LogP contribution in [0.4, 0.5) is 10.6 Å². The number of anilines is 1. The first-order valence-corrected chi connectivity index (χ1v) is 7.27. The number of benzene rings is 1. The normalized spacial score (nSPS) is 11.0. The van der Waals surface area contributed by atoms with E-state index in [9.17, 15) is 10.1 Å². The van der Waals surface area contributed by atoms with Crippen LogP contribution in [0, 0.1) is 25.2 Å². The average Bonchev–Trinajstić information content (AvgIpc) is 2.79. The number of carbonyl (C=O) groups excluding carboxylic acids is 1. The average molecular weight is 312 g/mol. The maximum atomic E-state index is 12.0. The van der Waals surface area contributed by atoms with Gasteiger partial charge in [-0.3, -0.25) is 5.32 Å². The van der Waals surface area contributed by atoms with E-state index in [1.807, 2.05) is 38.1 Å². The van der Waals surface area contributed by atoms with E-state index in [4.69, 9.17) is 4.74 Å². The molecule has 0 aliphatic rings. The van der Waals surface area contributed by atoms with Crippen LogP contribution in [0.3, 0.4) is 0 Å². The first kappa shape index (κ1) is 16.6. The van der Waals surface area contributed by atoms with Gasteiger partial charge in [0.1, 0.15) is 17.2 Å². The largest absolute Gasteiger partial charge is 0.444 e. The van der Waals surface area contributed by atoms with Crippen LogP contribution in [0.15, 0.2) is 24.4 Å². The minimum Gasteiger partial charge on any atom is -0.444 e. The van der Waals surface area contributed by atoms with E-state index in [1.54, 1.807) is 20.8 Å². The molecule has 0 radical (unpaired) electrons. The molecule has 2 aromatic rings. The van der Waals surface area contributed by atoms with E-state index in [-0.39, 0.29) is 5.56 Å². The quantitative estimate of drug-likeness (QED) is 0.916. The van der Waals surface area contributed by atoms with E-state index in [1.165, 1.54) is 10.9 Å². The van der Waals surface area contributed by atoms with Gasteiger partial charge >= 0.3 is 6.09 Å². The summed E-state index contributed by atoms with van der Waals surface area (Å²) < 4.78 is 6.79. The zero-order valence-electron chi connectivity index (χ0n) is 14.0. The van der Waals surface area contributed by atoms with Crippen molar-refractivity contribution in [1.82, 2.24) is 9.78 Å². The van der Waals surface area contributed by atoms with Crippen molar-refractivity contribution in [1.29, 1.82) is 5.26 Å². The number of aryl methyl sites for hydroxylation is 2.